The van der Waals surface area contributed by atoms with Crippen LogP contribution in [0.2, 0.25) is 0 Å². The summed E-state index contributed by atoms with van der Waals surface area (Å²) in [5.41, 5.74) is 7.28. The second-order valence-electron chi connectivity index (χ2n) is 4.27. The lowest BCUT2D eigenvalue weighted by Gasteiger charge is -2.17. The van der Waals surface area contributed by atoms with Crippen molar-refractivity contribution in [1.29, 1.82) is 0 Å². The molecule has 0 unspecified atom stereocenters. The maximum Gasteiger partial charge on any atom is 0.321 e. The normalized spacial score (nSPS) is 10.2. The molecule has 0 saturated heterocycles. The van der Waals surface area contributed by atoms with Gasteiger partial charge in [0.2, 0.25) is 0 Å². The number of rotatable bonds is 4. The summed E-state index contributed by atoms with van der Waals surface area (Å²) in [6.45, 7) is 0.876. The topological polar surface area (TPSA) is 71.5 Å². The molecule has 2 aromatic rings. The Morgan fingerprint density at radius 3 is 2.89 bits per heavy atom. The van der Waals surface area contributed by atoms with Crippen molar-refractivity contribution < 1.29 is 9.21 Å². The van der Waals surface area contributed by atoms with Crippen molar-refractivity contribution in [3.63, 3.8) is 0 Å². The molecule has 0 radical (unpaired) electrons. The van der Waals surface area contributed by atoms with Crippen LogP contribution in [-0.4, -0.2) is 18.0 Å². The van der Waals surface area contributed by atoms with Crippen LogP contribution in [0.3, 0.4) is 0 Å². The van der Waals surface area contributed by atoms with Crippen LogP contribution in [0.25, 0.3) is 0 Å². The van der Waals surface area contributed by atoms with Gasteiger partial charge < -0.3 is 20.4 Å². The Kier molecular flexibility index (Phi) is 4.20. The highest BCUT2D eigenvalue weighted by Crippen LogP contribution is 2.11. The van der Waals surface area contributed by atoms with Gasteiger partial charge in [-0.1, -0.05) is 12.1 Å². The summed E-state index contributed by atoms with van der Waals surface area (Å²) in [7, 11) is 1.71. The Bertz CT molecular complexity index is 537. The number of amides is 2. The molecule has 3 N–H and O–H groups in total. The van der Waals surface area contributed by atoms with Gasteiger partial charge in [0, 0.05) is 19.3 Å². The summed E-state index contributed by atoms with van der Waals surface area (Å²) in [5.74, 6) is 0.744. The smallest absolute Gasteiger partial charge is 0.321 e. The Morgan fingerprint density at radius 1 is 1.37 bits per heavy atom. The van der Waals surface area contributed by atoms with E-state index in [-0.39, 0.29) is 6.03 Å². The van der Waals surface area contributed by atoms with Gasteiger partial charge in [-0.25, -0.2) is 4.79 Å². The van der Waals surface area contributed by atoms with Crippen molar-refractivity contribution in [2.24, 2.45) is 5.73 Å². The lowest BCUT2D eigenvalue weighted by molar-refractivity contribution is 0.217. The average Bonchev–Trinajstić information content (AvgIpc) is 2.91. The summed E-state index contributed by atoms with van der Waals surface area (Å²) >= 11 is 0. The van der Waals surface area contributed by atoms with Crippen LogP contribution in [0.15, 0.2) is 47.1 Å². The highest BCUT2D eigenvalue weighted by atomic mass is 16.3. The zero-order valence-corrected chi connectivity index (χ0v) is 10.8. The molecule has 100 valence electrons. The van der Waals surface area contributed by atoms with Gasteiger partial charge in [0.05, 0.1) is 12.8 Å². The largest absolute Gasteiger partial charge is 0.467 e. The zero-order valence-electron chi connectivity index (χ0n) is 10.8. The molecule has 0 atom stereocenters. The Balaban J connectivity index is 1.96. The highest BCUT2D eigenvalue weighted by molar-refractivity contribution is 5.89. The van der Waals surface area contributed by atoms with E-state index in [2.05, 4.69) is 5.32 Å². The van der Waals surface area contributed by atoms with E-state index in [1.165, 1.54) is 0 Å². The second kappa shape index (κ2) is 6.06. The van der Waals surface area contributed by atoms with Crippen LogP contribution in [-0.2, 0) is 13.1 Å². The van der Waals surface area contributed by atoms with Gasteiger partial charge in [-0.2, -0.15) is 0 Å². The molecule has 0 aliphatic carbocycles. The molecule has 0 aliphatic rings. The van der Waals surface area contributed by atoms with E-state index in [0.717, 1.165) is 17.0 Å². The van der Waals surface area contributed by atoms with Gasteiger partial charge in [0.25, 0.3) is 0 Å². The van der Waals surface area contributed by atoms with Crippen molar-refractivity contribution in [2.45, 2.75) is 13.1 Å². The van der Waals surface area contributed by atoms with E-state index in [9.17, 15) is 4.79 Å². The molecule has 0 bridgehead atoms. The van der Waals surface area contributed by atoms with E-state index in [1.54, 1.807) is 24.3 Å². The van der Waals surface area contributed by atoms with Crippen LogP contribution in [0.4, 0.5) is 10.5 Å². The first-order valence-corrected chi connectivity index (χ1v) is 6.02. The molecule has 0 aliphatic heterocycles. The van der Waals surface area contributed by atoms with E-state index >= 15 is 0 Å². The van der Waals surface area contributed by atoms with Crippen molar-refractivity contribution >= 4 is 11.7 Å². The number of furan rings is 1. The molecular weight excluding hydrogens is 242 g/mol. The predicted octanol–water partition coefficient (Wildman–Crippen LogP) is 2.40. The van der Waals surface area contributed by atoms with Crippen molar-refractivity contribution in [3.8, 4) is 0 Å². The van der Waals surface area contributed by atoms with Crippen molar-refractivity contribution in [1.82, 2.24) is 4.90 Å². The van der Waals surface area contributed by atoms with Crippen LogP contribution >= 0.6 is 0 Å². The highest BCUT2D eigenvalue weighted by Gasteiger charge is 2.10. The third-order valence-corrected chi connectivity index (χ3v) is 2.73. The minimum absolute atomic E-state index is 0.189. The molecule has 1 aromatic carbocycles. The standard InChI is InChI=1S/C14H17N3O2/c1-17(10-13-6-3-7-19-13)14(18)16-12-5-2-4-11(8-12)9-15/h2-8H,9-10,15H2,1H3,(H,16,18). The Hall–Kier alpha value is -2.27. The van der Waals surface area contributed by atoms with Gasteiger partial charge in [-0.15, -0.1) is 0 Å². The second-order valence-corrected chi connectivity index (χ2v) is 4.27. The molecule has 1 heterocycles. The molecule has 1 aromatic heterocycles. The molecular formula is C14H17N3O2. The average molecular weight is 259 g/mol. The fourth-order valence-corrected chi connectivity index (χ4v) is 1.70. The molecule has 0 saturated carbocycles. The lowest BCUT2D eigenvalue weighted by Crippen LogP contribution is -2.30. The Morgan fingerprint density at radius 2 is 2.21 bits per heavy atom. The zero-order chi connectivity index (χ0) is 13.7. The molecule has 19 heavy (non-hydrogen) atoms. The number of nitrogens with one attached hydrogen (secondary N) is 1. The minimum Gasteiger partial charge on any atom is -0.467 e. The Labute approximate surface area is 112 Å². The van der Waals surface area contributed by atoms with Crippen molar-refractivity contribution in [2.75, 3.05) is 12.4 Å². The van der Waals surface area contributed by atoms with Crippen LogP contribution < -0.4 is 11.1 Å². The lowest BCUT2D eigenvalue weighted by atomic mass is 10.2. The van der Waals surface area contributed by atoms with Gasteiger partial charge in [-0.3, -0.25) is 0 Å². The number of urea groups is 1. The fourth-order valence-electron chi connectivity index (χ4n) is 1.70. The SMILES string of the molecule is CN(Cc1ccco1)C(=O)Nc1cccc(CN)c1. The first-order chi connectivity index (χ1) is 9.19. The number of benzene rings is 1. The number of carbonyl (C=O) groups excluding carboxylic acids is 1. The van der Waals surface area contributed by atoms with E-state index in [1.807, 2.05) is 30.3 Å². The maximum atomic E-state index is 12.0. The third kappa shape index (κ3) is 3.59. The van der Waals surface area contributed by atoms with Crippen molar-refractivity contribution in [3.05, 3.63) is 54.0 Å². The van der Waals surface area contributed by atoms with Crippen LogP contribution in [0.5, 0.6) is 0 Å². The van der Waals surface area contributed by atoms with Crippen LogP contribution in [0.1, 0.15) is 11.3 Å². The summed E-state index contributed by atoms with van der Waals surface area (Å²) in [5, 5.41) is 2.82. The molecule has 5 heteroatoms. The number of nitrogens with zero attached hydrogens (tertiary/aromatic N) is 1. The fraction of sp³-hybridized carbons (Fsp3) is 0.214. The monoisotopic (exact) mass is 259 g/mol. The summed E-state index contributed by atoms with van der Waals surface area (Å²) in [6, 6.07) is 10.9. The number of carbonyl (C=O) groups is 1. The first kappa shape index (κ1) is 13.2. The molecule has 2 amide bonds. The minimum atomic E-state index is -0.189. The molecule has 5 nitrogen and oxygen atoms in total. The van der Waals surface area contributed by atoms with E-state index in [0.29, 0.717) is 13.1 Å². The first-order valence-electron chi connectivity index (χ1n) is 6.02. The number of anilines is 1. The van der Waals surface area contributed by atoms with Crippen LogP contribution in [0, 0.1) is 0 Å². The predicted molar refractivity (Wildman–Crippen MR) is 73.5 cm³/mol. The summed E-state index contributed by atoms with van der Waals surface area (Å²) in [4.78, 5) is 13.5. The molecule has 0 spiro atoms. The van der Waals surface area contributed by atoms with Gasteiger partial charge in [-0.05, 0) is 29.8 Å². The van der Waals surface area contributed by atoms with Gasteiger partial charge in [0.1, 0.15) is 5.76 Å². The number of hydrogen-bond acceptors (Lipinski definition) is 3. The maximum absolute atomic E-state index is 12.0. The third-order valence-electron chi connectivity index (χ3n) is 2.73. The van der Waals surface area contributed by atoms with Gasteiger partial charge >= 0.3 is 6.03 Å². The molecule has 2 rings (SSSR count). The molecule has 0 fully saturated rings. The summed E-state index contributed by atoms with van der Waals surface area (Å²) < 4.78 is 5.20. The summed E-state index contributed by atoms with van der Waals surface area (Å²) in [6.07, 6.45) is 1.59. The van der Waals surface area contributed by atoms with E-state index in [4.69, 9.17) is 10.2 Å². The van der Waals surface area contributed by atoms with Gasteiger partial charge in [0.15, 0.2) is 0 Å². The quantitative estimate of drug-likeness (QED) is 0.885. The van der Waals surface area contributed by atoms with E-state index < -0.39 is 0 Å². The number of hydrogen-bond donors (Lipinski definition) is 2. The number of nitrogens with two attached hydrogens (primary N) is 1.